The zero-order valence-corrected chi connectivity index (χ0v) is 20.8. The Kier molecular flexibility index (Phi) is 14.4. The number of ether oxygens (including phenoxy) is 2. The highest BCUT2D eigenvalue weighted by Crippen LogP contribution is 2.28. The van der Waals surface area contributed by atoms with Crippen LogP contribution in [0, 0.1) is 0 Å². The molecule has 1 heterocycles. The minimum atomic E-state index is -3.93. The Labute approximate surface area is 190 Å². The van der Waals surface area contributed by atoms with E-state index in [-0.39, 0.29) is 5.75 Å². The van der Waals surface area contributed by atoms with Crippen molar-refractivity contribution in [3.05, 3.63) is 23.9 Å². The molecule has 0 radical (unpaired) electrons. The number of hydrogen-bond donors (Lipinski definition) is 1. The lowest BCUT2D eigenvalue weighted by atomic mass is 10.0. The van der Waals surface area contributed by atoms with E-state index in [4.69, 9.17) is 14.0 Å². The third-order valence-corrected chi connectivity index (χ3v) is 6.45. The van der Waals surface area contributed by atoms with Gasteiger partial charge in [0.25, 0.3) is 10.1 Å². The zero-order chi connectivity index (χ0) is 23.0. The Morgan fingerprint density at radius 1 is 0.935 bits per heavy atom. The summed E-state index contributed by atoms with van der Waals surface area (Å²) in [7, 11) is -3.93. The molecule has 0 atom stereocenters. The molecule has 1 N–H and O–H groups in total. The first-order chi connectivity index (χ1) is 14.8. The second-order valence-corrected chi connectivity index (χ2v) is 10.2. The molecular weight excluding hydrogens is 414 g/mol. The Balaban J connectivity index is 2.61. The third-order valence-electron chi connectivity index (χ3n) is 5.65. The Morgan fingerprint density at radius 2 is 1.48 bits per heavy atom. The fraction of sp³-hybridized carbons (Fsp3) is 0.833. The second kappa shape index (κ2) is 15.8. The van der Waals surface area contributed by atoms with Gasteiger partial charge in [-0.05, 0) is 38.5 Å². The number of nitrogens with zero attached hydrogens (tertiary/aromatic N) is 1. The van der Waals surface area contributed by atoms with Gasteiger partial charge in [-0.15, -0.1) is 0 Å². The highest BCUT2D eigenvalue weighted by atomic mass is 32.2. The number of unbranched alkanes of at least 4 members (excludes halogenated alkanes) is 8. The smallest absolute Gasteiger partial charge is 0.264 e. The second-order valence-electron chi connectivity index (χ2n) is 8.61. The van der Waals surface area contributed by atoms with E-state index >= 15 is 0 Å². The van der Waals surface area contributed by atoms with Gasteiger partial charge in [-0.2, -0.15) is 8.42 Å². The van der Waals surface area contributed by atoms with E-state index < -0.39 is 15.9 Å². The summed E-state index contributed by atoms with van der Waals surface area (Å²) in [5.41, 5.74) is 1.05. The van der Waals surface area contributed by atoms with E-state index in [0.29, 0.717) is 32.7 Å². The van der Waals surface area contributed by atoms with Gasteiger partial charge >= 0.3 is 0 Å². The molecule has 0 aromatic carbocycles. The lowest BCUT2D eigenvalue weighted by molar-refractivity contribution is -0.202. The summed E-state index contributed by atoms with van der Waals surface area (Å²) in [5, 5.41) is 0. The first-order valence-corrected chi connectivity index (χ1v) is 13.8. The first-order valence-electron chi connectivity index (χ1n) is 12.2. The summed E-state index contributed by atoms with van der Waals surface area (Å²) in [6, 6.07) is 0. The van der Waals surface area contributed by atoms with Crippen LogP contribution in [0.5, 0.6) is 0 Å². The van der Waals surface area contributed by atoms with Crippen molar-refractivity contribution in [3.8, 4) is 0 Å². The van der Waals surface area contributed by atoms with Gasteiger partial charge in [0.1, 0.15) is 0 Å². The predicted molar refractivity (Wildman–Crippen MR) is 128 cm³/mol. The summed E-state index contributed by atoms with van der Waals surface area (Å²) in [5.74, 6) is -1.00. The van der Waals surface area contributed by atoms with E-state index in [1.165, 1.54) is 51.4 Å². The fourth-order valence-electron chi connectivity index (χ4n) is 3.68. The SMILES string of the molecule is CCCCCCCOC(C)(OCCCCCCC)C1=CC=CN(CCCS(=O)(=O)O)C1. The van der Waals surface area contributed by atoms with Crippen LogP contribution in [0.3, 0.4) is 0 Å². The number of allylic oxidation sites excluding steroid dienone is 2. The van der Waals surface area contributed by atoms with Crippen LogP contribution < -0.4 is 0 Å². The Morgan fingerprint density at radius 3 is 2.00 bits per heavy atom. The molecule has 0 unspecified atom stereocenters. The van der Waals surface area contributed by atoms with Crippen LogP contribution in [0.15, 0.2) is 23.9 Å². The molecule has 0 fully saturated rings. The summed E-state index contributed by atoms with van der Waals surface area (Å²) in [6.45, 7) is 8.95. The molecule has 0 aliphatic carbocycles. The van der Waals surface area contributed by atoms with Gasteiger partial charge in [0, 0.05) is 18.7 Å². The van der Waals surface area contributed by atoms with Crippen LogP contribution in [0.2, 0.25) is 0 Å². The lowest BCUT2D eigenvalue weighted by Gasteiger charge is -2.36. The van der Waals surface area contributed by atoms with Crippen molar-refractivity contribution in [3.63, 3.8) is 0 Å². The van der Waals surface area contributed by atoms with Gasteiger partial charge in [-0.1, -0.05) is 71.3 Å². The van der Waals surface area contributed by atoms with Crippen LogP contribution >= 0.6 is 0 Å². The number of hydrogen-bond acceptors (Lipinski definition) is 5. The molecule has 0 bridgehead atoms. The molecule has 182 valence electrons. The van der Waals surface area contributed by atoms with Gasteiger partial charge in [0.05, 0.1) is 19.0 Å². The minimum absolute atomic E-state index is 0.226. The predicted octanol–water partition coefficient (Wildman–Crippen LogP) is 5.71. The average Bonchev–Trinajstić information content (AvgIpc) is 2.72. The van der Waals surface area contributed by atoms with Crippen molar-refractivity contribution in [2.45, 2.75) is 97.2 Å². The van der Waals surface area contributed by atoms with Crippen molar-refractivity contribution >= 4 is 10.1 Å². The maximum Gasteiger partial charge on any atom is 0.264 e. The van der Waals surface area contributed by atoms with E-state index in [1.807, 2.05) is 30.2 Å². The van der Waals surface area contributed by atoms with Crippen LogP contribution in [0.1, 0.15) is 91.4 Å². The van der Waals surface area contributed by atoms with Gasteiger partial charge in [0.15, 0.2) is 5.79 Å². The molecule has 6 nitrogen and oxygen atoms in total. The molecule has 7 heteroatoms. The minimum Gasteiger partial charge on any atom is -0.373 e. The van der Waals surface area contributed by atoms with Gasteiger partial charge in [-0.3, -0.25) is 4.55 Å². The largest absolute Gasteiger partial charge is 0.373 e. The molecule has 31 heavy (non-hydrogen) atoms. The van der Waals surface area contributed by atoms with Gasteiger partial charge in [0.2, 0.25) is 0 Å². The summed E-state index contributed by atoms with van der Waals surface area (Å²) in [6.07, 6.45) is 18.2. The normalized spacial score (nSPS) is 14.8. The van der Waals surface area contributed by atoms with Crippen LogP contribution in [-0.4, -0.2) is 55.7 Å². The molecule has 0 saturated heterocycles. The fourth-order valence-corrected chi connectivity index (χ4v) is 4.17. The van der Waals surface area contributed by atoms with Crippen LogP contribution in [0.4, 0.5) is 0 Å². The molecular formula is C24H45NO5S. The maximum absolute atomic E-state index is 11.0. The molecule has 0 saturated carbocycles. The average molecular weight is 460 g/mol. The maximum atomic E-state index is 11.0. The molecule has 1 aliphatic heterocycles. The quantitative estimate of drug-likeness (QED) is 0.151. The van der Waals surface area contributed by atoms with Crippen LogP contribution in [0.25, 0.3) is 0 Å². The zero-order valence-electron chi connectivity index (χ0n) is 20.0. The van der Waals surface area contributed by atoms with Crippen molar-refractivity contribution in [2.75, 3.05) is 32.1 Å². The number of rotatable bonds is 19. The molecule has 1 rings (SSSR count). The summed E-state index contributed by atoms with van der Waals surface area (Å²) < 4.78 is 43.5. The summed E-state index contributed by atoms with van der Waals surface area (Å²) >= 11 is 0. The van der Waals surface area contributed by atoms with E-state index in [0.717, 1.165) is 18.4 Å². The molecule has 1 aliphatic rings. The van der Waals surface area contributed by atoms with Crippen molar-refractivity contribution in [1.29, 1.82) is 0 Å². The highest BCUT2D eigenvalue weighted by Gasteiger charge is 2.32. The highest BCUT2D eigenvalue weighted by molar-refractivity contribution is 7.85. The molecule has 0 aromatic rings. The monoisotopic (exact) mass is 459 g/mol. The topological polar surface area (TPSA) is 76.1 Å². The van der Waals surface area contributed by atoms with E-state index in [9.17, 15) is 8.42 Å². The van der Waals surface area contributed by atoms with Gasteiger partial charge < -0.3 is 14.4 Å². The lowest BCUT2D eigenvalue weighted by Crippen LogP contribution is -2.41. The standard InChI is InChI=1S/C24H45NO5S/c1-4-6-8-10-12-19-29-24(3,30-20-13-11-9-7-5-2)23-16-14-17-25(22-23)18-15-21-31(26,27)28/h14,16-17H,4-13,15,18-22H2,1-3H3,(H,26,27,28). The summed E-state index contributed by atoms with van der Waals surface area (Å²) in [4.78, 5) is 2.05. The molecule has 0 aromatic heterocycles. The first kappa shape index (κ1) is 28.1. The molecule has 0 amide bonds. The van der Waals surface area contributed by atoms with E-state index in [1.54, 1.807) is 0 Å². The van der Waals surface area contributed by atoms with Crippen molar-refractivity contribution < 1.29 is 22.4 Å². The van der Waals surface area contributed by atoms with Crippen molar-refractivity contribution in [1.82, 2.24) is 4.90 Å². The third kappa shape index (κ3) is 13.3. The van der Waals surface area contributed by atoms with E-state index in [2.05, 4.69) is 13.8 Å². The molecule has 0 spiro atoms. The van der Waals surface area contributed by atoms with Crippen LogP contribution in [-0.2, 0) is 19.6 Å². The van der Waals surface area contributed by atoms with Gasteiger partial charge in [-0.25, -0.2) is 0 Å². The van der Waals surface area contributed by atoms with Crippen molar-refractivity contribution in [2.24, 2.45) is 0 Å². The Hall–Kier alpha value is -0.890. The Bertz CT molecular complexity index is 614.